The van der Waals surface area contributed by atoms with E-state index in [1.165, 1.54) is 11.1 Å². The molecule has 2 aliphatic rings. The topological polar surface area (TPSA) is 46.2 Å². The Hall–Kier alpha value is -4.55. The van der Waals surface area contributed by atoms with Gasteiger partial charge in [-0.3, -0.25) is 0 Å². The van der Waals surface area contributed by atoms with Gasteiger partial charge in [-0.25, -0.2) is 0 Å². The first-order chi connectivity index (χ1) is 16.8. The molecule has 2 heterocycles. The van der Waals surface area contributed by atoms with Gasteiger partial charge in [0.05, 0.1) is 11.6 Å². The summed E-state index contributed by atoms with van der Waals surface area (Å²) in [6, 6.07) is 30.9. The van der Waals surface area contributed by atoms with E-state index in [4.69, 9.17) is 14.4 Å². The van der Waals surface area contributed by atoms with Crippen LogP contribution in [0.15, 0.2) is 108 Å². The number of rotatable bonds is 2. The second-order valence-corrected chi connectivity index (χ2v) is 8.82. The molecule has 0 saturated heterocycles. The van der Waals surface area contributed by atoms with Crippen molar-refractivity contribution < 1.29 is 9.15 Å². The van der Waals surface area contributed by atoms with Gasteiger partial charge >= 0.3 is 0 Å². The Bertz CT molecular complexity index is 1700. The third-order valence-electron chi connectivity index (χ3n) is 6.87. The normalized spacial score (nSPS) is 18.3. The number of para-hydroxylation sites is 1. The largest absolute Gasteiger partial charge is 0.481 e. The molecule has 0 bridgehead atoms. The number of benzene rings is 4. The molecule has 5 aromatic rings. The van der Waals surface area contributed by atoms with Crippen molar-refractivity contribution in [3.8, 4) is 22.9 Å². The fourth-order valence-electron chi connectivity index (χ4n) is 5.15. The fourth-order valence-corrected chi connectivity index (χ4v) is 5.15. The monoisotopic (exact) mass is 437 g/mol. The molecule has 160 valence electrons. The number of fused-ring (bicyclic) bond motifs is 7. The van der Waals surface area contributed by atoms with Gasteiger partial charge in [0.15, 0.2) is 11.3 Å². The lowest BCUT2D eigenvalue weighted by Gasteiger charge is -2.19. The van der Waals surface area contributed by atoms with Crippen molar-refractivity contribution in [2.24, 2.45) is 0 Å². The molecule has 0 fully saturated rings. The van der Waals surface area contributed by atoms with Crippen LogP contribution >= 0.6 is 0 Å². The van der Waals surface area contributed by atoms with Crippen LogP contribution in [0.2, 0.25) is 0 Å². The number of allylic oxidation sites excluding steroid dienone is 2. The zero-order valence-corrected chi connectivity index (χ0v) is 18.2. The lowest BCUT2D eigenvalue weighted by atomic mass is 9.86. The molecule has 2 atom stereocenters. The van der Waals surface area contributed by atoms with Crippen molar-refractivity contribution in [3.63, 3.8) is 0 Å². The molecular formula is C31H19NO2. The first-order valence-electron chi connectivity index (χ1n) is 11.4. The molecule has 7 rings (SSSR count). The van der Waals surface area contributed by atoms with Crippen molar-refractivity contribution >= 4 is 27.5 Å². The maximum absolute atomic E-state index is 9.07. The average Bonchev–Trinajstić information content (AvgIpc) is 3.47. The summed E-state index contributed by atoms with van der Waals surface area (Å²) in [6.45, 7) is 0. The molecule has 34 heavy (non-hydrogen) atoms. The van der Waals surface area contributed by atoms with Crippen molar-refractivity contribution in [2.75, 3.05) is 0 Å². The molecule has 0 amide bonds. The lowest BCUT2D eigenvalue weighted by Crippen LogP contribution is -2.16. The Morgan fingerprint density at radius 3 is 2.50 bits per heavy atom. The first kappa shape index (κ1) is 19.0. The molecule has 3 heteroatoms. The van der Waals surface area contributed by atoms with Crippen LogP contribution in [0.5, 0.6) is 5.75 Å². The van der Waals surface area contributed by atoms with Crippen LogP contribution in [0.4, 0.5) is 0 Å². The first-order valence-corrected chi connectivity index (χ1v) is 11.4. The van der Waals surface area contributed by atoms with E-state index in [1.807, 2.05) is 42.5 Å². The molecule has 1 aromatic heterocycles. The van der Waals surface area contributed by atoms with Crippen LogP contribution in [-0.2, 0) is 0 Å². The Kier molecular flexibility index (Phi) is 4.03. The van der Waals surface area contributed by atoms with Gasteiger partial charge in [-0.1, -0.05) is 66.7 Å². The maximum atomic E-state index is 9.07. The zero-order chi connectivity index (χ0) is 22.6. The van der Waals surface area contributed by atoms with E-state index >= 15 is 0 Å². The van der Waals surface area contributed by atoms with Crippen LogP contribution in [0.25, 0.3) is 38.6 Å². The van der Waals surface area contributed by atoms with Crippen molar-refractivity contribution in [2.45, 2.75) is 12.0 Å². The summed E-state index contributed by atoms with van der Waals surface area (Å²) in [6.07, 6.45) is 6.59. The van der Waals surface area contributed by atoms with Crippen LogP contribution < -0.4 is 4.74 Å². The van der Waals surface area contributed by atoms with Crippen LogP contribution in [0.3, 0.4) is 0 Å². The van der Waals surface area contributed by atoms with Gasteiger partial charge in [-0.2, -0.15) is 5.26 Å². The highest BCUT2D eigenvalue weighted by molar-refractivity contribution is 6.07. The molecular weight excluding hydrogens is 418 g/mol. The summed E-state index contributed by atoms with van der Waals surface area (Å²) < 4.78 is 12.6. The molecule has 3 nitrogen and oxygen atoms in total. The van der Waals surface area contributed by atoms with Crippen molar-refractivity contribution in [1.29, 1.82) is 5.26 Å². The number of hydrogen-bond acceptors (Lipinski definition) is 3. The Labute approximate surface area is 196 Å². The van der Waals surface area contributed by atoms with Crippen molar-refractivity contribution in [3.05, 3.63) is 120 Å². The Morgan fingerprint density at radius 2 is 1.62 bits per heavy atom. The summed E-state index contributed by atoms with van der Waals surface area (Å²) in [5.41, 5.74) is 8.12. The molecule has 0 N–H and O–H groups in total. The minimum absolute atomic E-state index is 0.0285. The smallest absolute Gasteiger partial charge is 0.177 e. The fraction of sp³-hybridized carbons (Fsp3) is 0.0645. The predicted molar refractivity (Wildman–Crippen MR) is 135 cm³/mol. The molecule has 1 aliphatic carbocycles. The third-order valence-corrected chi connectivity index (χ3v) is 6.87. The highest BCUT2D eigenvalue weighted by atomic mass is 16.5. The lowest BCUT2D eigenvalue weighted by molar-refractivity contribution is 0.269. The molecule has 0 spiro atoms. The van der Waals surface area contributed by atoms with Gasteiger partial charge < -0.3 is 9.15 Å². The quantitative estimate of drug-likeness (QED) is 0.285. The van der Waals surface area contributed by atoms with E-state index in [0.29, 0.717) is 5.56 Å². The third kappa shape index (κ3) is 2.82. The maximum Gasteiger partial charge on any atom is 0.177 e. The van der Waals surface area contributed by atoms with Gasteiger partial charge in [0.25, 0.3) is 0 Å². The van der Waals surface area contributed by atoms with Crippen LogP contribution in [-0.4, -0.2) is 6.10 Å². The highest BCUT2D eigenvalue weighted by Crippen LogP contribution is 2.48. The summed E-state index contributed by atoms with van der Waals surface area (Å²) in [5, 5.41) is 11.3. The summed E-state index contributed by atoms with van der Waals surface area (Å²) in [5.74, 6) is 1.00. The van der Waals surface area contributed by atoms with Gasteiger partial charge in [-0.15, -0.1) is 0 Å². The number of hydrogen-bond donors (Lipinski definition) is 0. The molecule has 2 unspecified atom stereocenters. The molecule has 0 saturated carbocycles. The van der Waals surface area contributed by atoms with Crippen molar-refractivity contribution in [1.82, 2.24) is 0 Å². The molecule has 1 aliphatic heterocycles. The Balaban J connectivity index is 1.28. The van der Waals surface area contributed by atoms with Crippen LogP contribution in [0.1, 0.15) is 22.6 Å². The number of ether oxygens (including phenoxy) is 1. The van der Waals surface area contributed by atoms with E-state index in [-0.39, 0.29) is 12.0 Å². The second kappa shape index (κ2) is 7.23. The standard InChI is InChI=1S/C31H19NO2/c32-18-19-8-10-20(11-9-19)21-4-3-5-22(16-21)23-12-15-29-27(17-23)26-14-13-25-24-6-1-2-7-28(24)33-30(25)31(26)34-29/h1-17,27,29H. The molecule has 4 aromatic carbocycles. The van der Waals surface area contributed by atoms with Gasteiger partial charge in [0, 0.05) is 22.3 Å². The molecule has 0 radical (unpaired) electrons. The number of nitrogens with zero attached hydrogens (tertiary/aromatic N) is 1. The Morgan fingerprint density at radius 1 is 0.765 bits per heavy atom. The van der Waals surface area contributed by atoms with E-state index < -0.39 is 0 Å². The average molecular weight is 437 g/mol. The highest BCUT2D eigenvalue weighted by Gasteiger charge is 2.36. The summed E-state index contributed by atoms with van der Waals surface area (Å²) in [4.78, 5) is 0. The van der Waals surface area contributed by atoms with E-state index in [0.717, 1.165) is 44.4 Å². The van der Waals surface area contributed by atoms with E-state index in [9.17, 15) is 0 Å². The van der Waals surface area contributed by atoms with Gasteiger partial charge in [-0.05, 0) is 58.7 Å². The van der Waals surface area contributed by atoms with E-state index in [1.54, 1.807) is 0 Å². The summed E-state index contributed by atoms with van der Waals surface area (Å²) >= 11 is 0. The van der Waals surface area contributed by atoms with E-state index in [2.05, 4.69) is 66.8 Å². The zero-order valence-electron chi connectivity index (χ0n) is 18.2. The summed E-state index contributed by atoms with van der Waals surface area (Å²) in [7, 11) is 0. The van der Waals surface area contributed by atoms with Crippen LogP contribution in [0, 0.1) is 11.3 Å². The number of nitriles is 1. The minimum Gasteiger partial charge on any atom is -0.481 e. The van der Waals surface area contributed by atoms with Gasteiger partial charge in [0.2, 0.25) is 0 Å². The number of furan rings is 1. The minimum atomic E-state index is -0.0285. The van der Waals surface area contributed by atoms with Gasteiger partial charge in [0.1, 0.15) is 11.7 Å². The predicted octanol–water partition coefficient (Wildman–Crippen LogP) is 7.62. The SMILES string of the molecule is N#Cc1ccc(-c2cccc(C3=CC4c5ccc6c(oc7ccccc76)c5OC4C=C3)c2)cc1. The second-order valence-electron chi connectivity index (χ2n) is 8.82.